The summed E-state index contributed by atoms with van der Waals surface area (Å²) in [7, 11) is 0. The molecular weight excluding hydrogens is 280 g/mol. The fourth-order valence-corrected chi connectivity index (χ4v) is 1.99. The molecule has 1 N–H and O–H groups in total. The molecule has 0 saturated carbocycles. The maximum Gasteiger partial charge on any atom is 0.408 e. The molecule has 0 aliphatic carbocycles. The molecule has 114 valence electrons. The number of ether oxygens (including phenoxy) is 1. The van der Waals surface area contributed by atoms with Crippen molar-refractivity contribution in [1.29, 1.82) is 0 Å². The number of hydrogen-bond acceptors (Lipinski definition) is 4. The normalized spacial score (nSPS) is 13.0. The second kappa shape index (κ2) is 7.36. The van der Waals surface area contributed by atoms with E-state index in [1.165, 1.54) is 0 Å². The number of carbonyl (C=O) groups is 2. The molecule has 1 aromatic carbocycles. The van der Waals surface area contributed by atoms with Gasteiger partial charge in [-0.05, 0) is 24.6 Å². The quantitative estimate of drug-likeness (QED) is 0.832. The van der Waals surface area contributed by atoms with Gasteiger partial charge >= 0.3 is 6.09 Å². The maximum atomic E-state index is 11.9. The summed E-state index contributed by atoms with van der Waals surface area (Å²) in [6, 6.07) is 14.8. The summed E-state index contributed by atoms with van der Waals surface area (Å²) < 4.78 is 5.13. The molecule has 0 saturated heterocycles. The van der Waals surface area contributed by atoms with Gasteiger partial charge in [0.25, 0.3) is 0 Å². The van der Waals surface area contributed by atoms with Gasteiger partial charge in [0.05, 0.1) is 0 Å². The van der Waals surface area contributed by atoms with Crippen LogP contribution in [-0.4, -0.2) is 22.9 Å². The van der Waals surface area contributed by atoms with Gasteiger partial charge in [0, 0.05) is 18.3 Å². The van der Waals surface area contributed by atoms with Crippen LogP contribution in [0, 0.1) is 0 Å². The monoisotopic (exact) mass is 298 g/mol. The van der Waals surface area contributed by atoms with E-state index in [-0.39, 0.29) is 6.61 Å². The highest BCUT2D eigenvalue weighted by Crippen LogP contribution is 2.10. The molecular formula is C17H18N2O3. The van der Waals surface area contributed by atoms with Crippen molar-refractivity contribution < 1.29 is 14.3 Å². The third-order valence-electron chi connectivity index (χ3n) is 3.13. The summed E-state index contributed by atoms with van der Waals surface area (Å²) in [5.74, 6) is 0. The molecule has 1 atom stereocenters. The van der Waals surface area contributed by atoms with E-state index in [1.807, 2.05) is 36.4 Å². The van der Waals surface area contributed by atoms with Crippen LogP contribution in [0.1, 0.15) is 18.2 Å². The number of carbonyl (C=O) groups excluding carboxylic acids is 2. The van der Waals surface area contributed by atoms with Crippen molar-refractivity contribution in [2.75, 3.05) is 0 Å². The van der Waals surface area contributed by atoms with Gasteiger partial charge in [0.1, 0.15) is 18.4 Å². The predicted molar refractivity (Wildman–Crippen MR) is 82.2 cm³/mol. The summed E-state index contributed by atoms with van der Waals surface area (Å²) >= 11 is 0. The first-order valence-electron chi connectivity index (χ1n) is 6.96. The Morgan fingerprint density at radius 3 is 2.59 bits per heavy atom. The number of aromatic nitrogens is 1. The zero-order valence-electron chi connectivity index (χ0n) is 12.4. The Kier molecular flexibility index (Phi) is 5.25. The second-order valence-electron chi connectivity index (χ2n) is 5.22. The van der Waals surface area contributed by atoms with E-state index in [1.54, 1.807) is 25.3 Å². The lowest BCUT2D eigenvalue weighted by Crippen LogP contribution is -2.49. The summed E-state index contributed by atoms with van der Waals surface area (Å²) in [4.78, 5) is 27.4. The van der Waals surface area contributed by atoms with Gasteiger partial charge in [-0.3, -0.25) is 4.98 Å². The first kappa shape index (κ1) is 15.7. The molecule has 0 bridgehead atoms. The van der Waals surface area contributed by atoms with Crippen LogP contribution in [0.25, 0.3) is 0 Å². The Balaban J connectivity index is 1.91. The van der Waals surface area contributed by atoms with E-state index >= 15 is 0 Å². The van der Waals surface area contributed by atoms with Crippen LogP contribution < -0.4 is 5.32 Å². The molecule has 0 aliphatic heterocycles. The molecule has 1 aromatic heterocycles. The van der Waals surface area contributed by atoms with Crippen LogP contribution in [0.15, 0.2) is 54.7 Å². The minimum atomic E-state index is -1.05. The fraction of sp³-hybridized carbons (Fsp3) is 0.235. The highest BCUT2D eigenvalue weighted by Gasteiger charge is 2.27. The van der Waals surface area contributed by atoms with E-state index in [4.69, 9.17) is 4.74 Å². The Morgan fingerprint density at radius 1 is 1.23 bits per heavy atom. The van der Waals surface area contributed by atoms with Gasteiger partial charge in [-0.25, -0.2) is 4.79 Å². The summed E-state index contributed by atoms with van der Waals surface area (Å²) in [6.07, 6.45) is 2.02. The number of aldehydes is 1. The lowest BCUT2D eigenvalue weighted by Gasteiger charge is -2.23. The number of rotatable bonds is 6. The van der Waals surface area contributed by atoms with Crippen LogP contribution >= 0.6 is 0 Å². The minimum absolute atomic E-state index is 0.158. The number of pyridine rings is 1. The van der Waals surface area contributed by atoms with Crippen molar-refractivity contribution >= 4 is 12.4 Å². The van der Waals surface area contributed by atoms with Gasteiger partial charge in [0.15, 0.2) is 0 Å². The second-order valence-corrected chi connectivity index (χ2v) is 5.22. The number of nitrogens with zero attached hydrogens (tertiary/aromatic N) is 1. The summed E-state index contributed by atoms with van der Waals surface area (Å²) in [5, 5.41) is 2.59. The van der Waals surface area contributed by atoms with Gasteiger partial charge in [0.2, 0.25) is 0 Å². The van der Waals surface area contributed by atoms with E-state index in [2.05, 4.69) is 10.3 Å². The fourth-order valence-electron chi connectivity index (χ4n) is 1.99. The molecule has 22 heavy (non-hydrogen) atoms. The average Bonchev–Trinajstić information content (AvgIpc) is 2.55. The number of amides is 1. The average molecular weight is 298 g/mol. The van der Waals surface area contributed by atoms with Gasteiger partial charge in [-0.1, -0.05) is 36.4 Å². The van der Waals surface area contributed by atoms with Gasteiger partial charge in [-0.15, -0.1) is 0 Å². The zero-order chi connectivity index (χ0) is 15.8. The molecule has 5 heteroatoms. The minimum Gasteiger partial charge on any atom is -0.445 e. The van der Waals surface area contributed by atoms with E-state index in [0.717, 1.165) is 11.3 Å². The lowest BCUT2D eigenvalue weighted by atomic mass is 9.97. The number of alkyl carbamates (subject to hydrolysis) is 1. The van der Waals surface area contributed by atoms with Crippen LogP contribution in [0.5, 0.6) is 0 Å². The van der Waals surface area contributed by atoms with E-state index in [0.29, 0.717) is 12.7 Å². The Labute approximate surface area is 129 Å². The molecule has 0 fully saturated rings. The Hall–Kier alpha value is -2.69. The number of benzene rings is 1. The van der Waals surface area contributed by atoms with Crippen molar-refractivity contribution in [3.63, 3.8) is 0 Å². The molecule has 0 radical (unpaired) electrons. The molecule has 1 heterocycles. The first-order chi connectivity index (χ1) is 10.6. The van der Waals surface area contributed by atoms with Crippen molar-refractivity contribution in [2.45, 2.75) is 25.5 Å². The first-order valence-corrected chi connectivity index (χ1v) is 6.96. The van der Waals surface area contributed by atoms with Crippen LogP contribution in [0.4, 0.5) is 4.79 Å². The number of nitrogens with one attached hydrogen (secondary N) is 1. The highest BCUT2D eigenvalue weighted by atomic mass is 16.5. The largest absolute Gasteiger partial charge is 0.445 e. The molecule has 2 rings (SSSR count). The van der Waals surface area contributed by atoms with Crippen molar-refractivity contribution in [3.05, 3.63) is 66.0 Å². The van der Waals surface area contributed by atoms with E-state index in [9.17, 15) is 9.59 Å². The maximum absolute atomic E-state index is 11.9. The molecule has 1 amide bonds. The Morgan fingerprint density at radius 2 is 1.95 bits per heavy atom. The number of hydrogen-bond donors (Lipinski definition) is 1. The summed E-state index contributed by atoms with van der Waals surface area (Å²) in [6.45, 7) is 1.80. The molecule has 0 aliphatic rings. The standard InChI is InChI=1S/C17H18N2O3/c1-17(13-20,11-15-9-5-6-10-18-15)19-16(21)22-12-14-7-3-2-4-8-14/h2-10,13H,11-12H2,1H3,(H,19,21)/t17-/m1/s1. The third-order valence-corrected chi connectivity index (χ3v) is 3.13. The molecule has 0 spiro atoms. The third kappa shape index (κ3) is 4.70. The molecule has 5 nitrogen and oxygen atoms in total. The van der Waals surface area contributed by atoms with Crippen molar-refractivity contribution in [2.24, 2.45) is 0 Å². The molecule has 0 unspecified atom stereocenters. The van der Waals surface area contributed by atoms with Crippen molar-refractivity contribution in [3.8, 4) is 0 Å². The predicted octanol–water partition coefficient (Wildman–Crippen LogP) is 2.51. The molecule has 2 aromatic rings. The summed E-state index contributed by atoms with van der Waals surface area (Å²) in [5.41, 5.74) is 0.554. The van der Waals surface area contributed by atoms with Crippen LogP contribution in [0.2, 0.25) is 0 Å². The lowest BCUT2D eigenvalue weighted by molar-refractivity contribution is -0.112. The van der Waals surface area contributed by atoms with Crippen LogP contribution in [-0.2, 0) is 22.6 Å². The van der Waals surface area contributed by atoms with Gasteiger partial charge in [-0.2, -0.15) is 0 Å². The Bertz CT molecular complexity index is 616. The van der Waals surface area contributed by atoms with Crippen LogP contribution in [0.3, 0.4) is 0 Å². The smallest absolute Gasteiger partial charge is 0.408 e. The van der Waals surface area contributed by atoms with Crippen molar-refractivity contribution in [1.82, 2.24) is 10.3 Å². The highest BCUT2D eigenvalue weighted by molar-refractivity contribution is 5.76. The zero-order valence-corrected chi connectivity index (χ0v) is 12.4. The van der Waals surface area contributed by atoms with Gasteiger partial charge < -0.3 is 14.8 Å². The SMILES string of the molecule is C[C@](C=O)(Cc1ccccn1)NC(=O)OCc1ccccc1. The topological polar surface area (TPSA) is 68.3 Å². The van der Waals surface area contributed by atoms with E-state index < -0.39 is 11.6 Å².